The van der Waals surface area contributed by atoms with Crippen molar-refractivity contribution < 1.29 is 9.59 Å². The first kappa shape index (κ1) is 11.7. The van der Waals surface area contributed by atoms with E-state index in [0.717, 1.165) is 4.47 Å². The van der Waals surface area contributed by atoms with Crippen LogP contribution in [0.15, 0.2) is 40.9 Å². The number of halogens is 1. The van der Waals surface area contributed by atoms with Crippen LogP contribution in [-0.4, -0.2) is 11.8 Å². The van der Waals surface area contributed by atoms with Crippen molar-refractivity contribution in [1.29, 1.82) is 0 Å². The summed E-state index contributed by atoms with van der Waals surface area (Å²) in [6, 6.07) is 7.31. The molecule has 0 N–H and O–H groups in total. The fourth-order valence-corrected chi connectivity index (χ4v) is 3.06. The van der Waals surface area contributed by atoms with Gasteiger partial charge in [0.05, 0.1) is 17.5 Å². The Kier molecular flexibility index (Phi) is 2.82. The number of anilines is 1. The number of carbonyl (C=O) groups excluding carboxylic acids is 2. The predicted octanol–water partition coefficient (Wildman–Crippen LogP) is 2.90. The van der Waals surface area contributed by atoms with Gasteiger partial charge in [0.2, 0.25) is 11.8 Å². The van der Waals surface area contributed by atoms with Crippen molar-refractivity contribution in [1.82, 2.24) is 0 Å². The summed E-state index contributed by atoms with van der Waals surface area (Å²) in [7, 11) is 0. The Balaban J connectivity index is 1.99. The summed E-state index contributed by atoms with van der Waals surface area (Å²) in [6.07, 6.45) is 5.35. The molecule has 2 aliphatic rings. The maximum absolute atomic E-state index is 12.3. The molecule has 0 spiro atoms. The highest BCUT2D eigenvalue weighted by Crippen LogP contribution is 2.37. The van der Waals surface area contributed by atoms with Crippen LogP contribution in [0, 0.1) is 11.8 Å². The molecule has 4 heteroatoms. The second-order valence-corrected chi connectivity index (χ2v) is 5.56. The van der Waals surface area contributed by atoms with Gasteiger partial charge >= 0.3 is 0 Å². The third-order valence-electron chi connectivity index (χ3n) is 3.57. The zero-order chi connectivity index (χ0) is 12.7. The number of imide groups is 1. The monoisotopic (exact) mass is 305 g/mol. The van der Waals surface area contributed by atoms with E-state index < -0.39 is 0 Å². The predicted molar refractivity (Wildman–Crippen MR) is 72.0 cm³/mol. The van der Waals surface area contributed by atoms with Crippen LogP contribution in [0.5, 0.6) is 0 Å². The van der Waals surface area contributed by atoms with Crippen LogP contribution in [0.4, 0.5) is 5.69 Å². The van der Waals surface area contributed by atoms with Crippen LogP contribution in [0.3, 0.4) is 0 Å². The molecule has 1 fully saturated rings. The highest BCUT2D eigenvalue weighted by molar-refractivity contribution is 9.10. The van der Waals surface area contributed by atoms with Crippen molar-refractivity contribution in [3.8, 4) is 0 Å². The highest BCUT2D eigenvalue weighted by atomic mass is 79.9. The number of fused-ring (bicyclic) bond motifs is 1. The second-order valence-electron chi connectivity index (χ2n) is 4.65. The van der Waals surface area contributed by atoms with Crippen molar-refractivity contribution in [3.63, 3.8) is 0 Å². The van der Waals surface area contributed by atoms with Crippen LogP contribution in [0.25, 0.3) is 0 Å². The van der Waals surface area contributed by atoms with Gasteiger partial charge in [-0.2, -0.15) is 0 Å². The van der Waals surface area contributed by atoms with Gasteiger partial charge in [-0.1, -0.05) is 34.1 Å². The number of rotatable bonds is 1. The lowest BCUT2D eigenvalue weighted by atomic mass is 9.85. The lowest BCUT2D eigenvalue weighted by Crippen LogP contribution is -2.30. The van der Waals surface area contributed by atoms with E-state index in [2.05, 4.69) is 15.9 Å². The van der Waals surface area contributed by atoms with E-state index in [9.17, 15) is 9.59 Å². The highest BCUT2D eigenvalue weighted by Gasteiger charge is 2.47. The zero-order valence-corrected chi connectivity index (χ0v) is 11.3. The largest absolute Gasteiger partial charge is 0.274 e. The molecule has 0 aromatic heterocycles. The average Bonchev–Trinajstić information content (AvgIpc) is 2.63. The van der Waals surface area contributed by atoms with Gasteiger partial charge in [0.15, 0.2) is 0 Å². The van der Waals surface area contributed by atoms with Gasteiger partial charge in [-0.3, -0.25) is 9.59 Å². The Morgan fingerprint density at radius 3 is 2.22 bits per heavy atom. The topological polar surface area (TPSA) is 37.4 Å². The number of allylic oxidation sites excluding steroid dienone is 2. The number of amides is 2. The zero-order valence-electron chi connectivity index (χ0n) is 9.67. The van der Waals surface area contributed by atoms with Crippen molar-refractivity contribution in [2.45, 2.75) is 12.8 Å². The normalized spacial score (nSPS) is 26.6. The molecule has 1 aliphatic carbocycles. The molecule has 1 aromatic rings. The summed E-state index contributed by atoms with van der Waals surface area (Å²) in [5.41, 5.74) is 0.661. The molecule has 2 unspecified atom stereocenters. The van der Waals surface area contributed by atoms with Crippen LogP contribution < -0.4 is 4.90 Å². The number of benzene rings is 1. The molecule has 18 heavy (non-hydrogen) atoms. The molecule has 1 heterocycles. The summed E-state index contributed by atoms with van der Waals surface area (Å²) < 4.78 is 0.869. The minimum Gasteiger partial charge on any atom is -0.274 e. The van der Waals surface area contributed by atoms with Gasteiger partial charge in [-0.15, -0.1) is 0 Å². The summed E-state index contributed by atoms with van der Waals surface area (Å²) in [5, 5.41) is 0. The van der Waals surface area contributed by atoms with Crippen molar-refractivity contribution in [2.75, 3.05) is 4.90 Å². The Hall–Kier alpha value is -1.42. The van der Waals surface area contributed by atoms with E-state index in [0.29, 0.717) is 18.5 Å². The van der Waals surface area contributed by atoms with Crippen LogP contribution in [0.1, 0.15) is 12.8 Å². The maximum atomic E-state index is 12.3. The van der Waals surface area contributed by atoms with Gasteiger partial charge in [-0.05, 0) is 31.0 Å². The van der Waals surface area contributed by atoms with Crippen LogP contribution in [-0.2, 0) is 9.59 Å². The molecular formula is C14H12BrNO2. The fourth-order valence-electron chi connectivity index (χ4n) is 2.67. The van der Waals surface area contributed by atoms with E-state index in [4.69, 9.17) is 0 Å². The van der Waals surface area contributed by atoms with E-state index >= 15 is 0 Å². The lowest BCUT2D eigenvalue weighted by Gasteiger charge is -2.14. The SMILES string of the molecule is O=C1C2CC=CCC2C(=O)N1c1cccc(Br)c1. The average molecular weight is 306 g/mol. The molecular weight excluding hydrogens is 294 g/mol. The summed E-state index contributed by atoms with van der Waals surface area (Å²) in [4.78, 5) is 26.0. The van der Waals surface area contributed by atoms with Crippen LogP contribution in [0.2, 0.25) is 0 Å². The van der Waals surface area contributed by atoms with Gasteiger partial charge in [0.1, 0.15) is 0 Å². The quantitative estimate of drug-likeness (QED) is 0.591. The first-order valence-electron chi connectivity index (χ1n) is 5.97. The molecule has 0 saturated carbocycles. The Bertz CT molecular complexity index is 526. The molecule has 0 bridgehead atoms. The first-order valence-corrected chi connectivity index (χ1v) is 6.76. The Morgan fingerprint density at radius 1 is 1.06 bits per heavy atom. The Morgan fingerprint density at radius 2 is 1.67 bits per heavy atom. The Labute approximate surface area is 114 Å². The second kappa shape index (κ2) is 4.35. The maximum Gasteiger partial charge on any atom is 0.238 e. The number of nitrogens with zero attached hydrogens (tertiary/aromatic N) is 1. The summed E-state index contributed by atoms with van der Waals surface area (Å²) in [5.74, 6) is -0.456. The minimum absolute atomic E-state index is 0.0625. The molecule has 1 aliphatic heterocycles. The van der Waals surface area contributed by atoms with Gasteiger partial charge in [0, 0.05) is 4.47 Å². The molecule has 2 amide bonds. The molecule has 3 nitrogen and oxygen atoms in total. The summed E-state index contributed by atoms with van der Waals surface area (Å²) >= 11 is 3.36. The molecule has 1 aromatic carbocycles. The molecule has 92 valence electrons. The van der Waals surface area contributed by atoms with Crippen molar-refractivity contribution >= 4 is 33.4 Å². The van der Waals surface area contributed by atoms with Crippen molar-refractivity contribution in [3.05, 3.63) is 40.9 Å². The summed E-state index contributed by atoms with van der Waals surface area (Å²) in [6.45, 7) is 0. The van der Waals surface area contributed by atoms with Crippen molar-refractivity contribution in [2.24, 2.45) is 11.8 Å². The molecule has 2 atom stereocenters. The van der Waals surface area contributed by atoms with Crippen LogP contribution >= 0.6 is 15.9 Å². The first-order chi connectivity index (χ1) is 8.68. The molecule has 0 radical (unpaired) electrons. The van der Waals surface area contributed by atoms with E-state index in [-0.39, 0.29) is 23.7 Å². The van der Waals surface area contributed by atoms with E-state index in [1.165, 1.54) is 4.90 Å². The van der Waals surface area contributed by atoms with Gasteiger partial charge < -0.3 is 0 Å². The third-order valence-corrected chi connectivity index (χ3v) is 4.07. The van der Waals surface area contributed by atoms with E-state index in [1.54, 1.807) is 12.1 Å². The van der Waals surface area contributed by atoms with Gasteiger partial charge in [0.25, 0.3) is 0 Å². The number of carbonyl (C=O) groups is 2. The number of hydrogen-bond donors (Lipinski definition) is 0. The van der Waals surface area contributed by atoms with E-state index in [1.807, 2.05) is 24.3 Å². The fraction of sp³-hybridized carbons (Fsp3) is 0.286. The molecule has 1 saturated heterocycles. The third kappa shape index (κ3) is 1.72. The smallest absolute Gasteiger partial charge is 0.238 e. The molecule has 3 rings (SSSR count). The standard InChI is InChI=1S/C14H12BrNO2/c15-9-4-3-5-10(8-9)16-13(17)11-6-1-2-7-12(11)14(16)18/h1-5,8,11-12H,6-7H2. The van der Waals surface area contributed by atoms with Gasteiger partial charge in [-0.25, -0.2) is 4.90 Å². The lowest BCUT2D eigenvalue weighted by molar-refractivity contribution is -0.122. The minimum atomic E-state index is -0.165. The number of hydrogen-bond acceptors (Lipinski definition) is 2.